The van der Waals surface area contributed by atoms with E-state index in [1.165, 1.54) is 0 Å². The van der Waals surface area contributed by atoms with Gasteiger partial charge >= 0.3 is 11.9 Å². The Labute approximate surface area is 403 Å². The van der Waals surface area contributed by atoms with Gasteiger partial charge in [-0.05, 0) is 0 Å². The van der Waals surface area contributed by atoms with Crippen LogP contribution in [0.2, 0.25) is 0 Å². The average molecular weight is 1050 g/mol. The van der Waals surface area contributed by atoms with Crippen LogP contribution in [0.1, 0.15) is 0 Å². The van der Waals surface area contributed by atoms with Gasteiger partial charge in [-0.2, -0.15) is 0 Å². The van der Waals surface area contributed by atoms with Crippen LogP contribution >= 0.6 is 0 Å². The quantitative estimate of drug-likeness (QED) is 0.116. The highest BCUT2D eigenvalue weighted by Crippen LogP contribution is 2.38. The highest BCUT2D eigenvalue weighted by molar-refractivity contribution is 5.87. The SMILES string of the molecule is O=C1COC(=O)[C@H]2O[C@@H]3O[C@H]4[C@H](O)[C@@H](O)[C@@H](O[C@H]5[C@H](O)[C@@H](O)[C@@H](O[C@H]6[C@H](O)[C@@H](O)[C@@H](O[C@H]7[C@H](O)[C@@H](O)[C@@H](O[C@H]8[C@H](O)[C@@H](O)[C@@H](O[C@H]2[C@H](O)[C@H]3O)O[C@@H]8CO)O[C@@H]7CO)O[C@@H]6C(=O)OC1)O[C@@H]5CO)O[C@@H]4CO. The van der Waals surface area contributed by atoms with Crippen molar-refractivity contribution < 1.29 is 162 Å². The predicted octanol–water partition coefficient (Wildman–Crippen LogP) is -13.4. The molecule has 12 aliphatic rings. The zero-order chi connectivity index (χ0) is 52.2. The van der Waals surface area contributed by atoms with E-state index < -0.39 is 242 Å². The van der Waals surface area contributed by atoms with Gasteiger partial charge in [-0.3, -0.25) is 4.79 Å². The molecule has 72 heavy (non-hydrogen) atoms. The Kier molecular flexibility index (Phi) is 17.8. The van der Waals surface area contributed by atoms with Crippen LogP contribution in [0.4, 0.5) is 0 Å². The van der Waals surface area contributed by atoms with Crippen LogP contribution in [-0.4, -0.2) is 323 Å². The smallest absolute Gasteiger partial charge is 0.338 e. The van der Waals surface area contributed by atoms with E-state index in [4.69, 9.17) is 66.3 Å². The lowest BCUT2D eigenvalue weighted by atomic mass is 9.94. The first-order valence-electron chi connectivity index (χ1n) is 22.5. The Morgan fingerprint density at radius 2 is 0.500 bits per heavy atom. The molecule has 12 saturated heterocycles. The molecule has 0 amide bonds. The van der Waals surface area contributed by atoms with Crippen molar-refractivity contribution in [1.82, 2.24) is 0 Å². The Morgan fingerprint density at radius 3 is 0.736 bits per heavy atom. The number of hydrogen-bond acceptors (Lipinski definition) is 33. The fourth-order valence-corrected chi connectivity index (χ4v) is 9.35. The molecular formula is C39H58O33. The molecule has 0 aromatic rings. The lowest BCUT2D eigenvalue weighted by molar-refractivity contribution is -0.401. The van der Waals surface area contributed by atoms with Crippen LogP contribution < -0.4 is 0 Å². The fourth-order valence-electron chi connectivity index (χ4n) is 9.35. The third-order valence-corrected chi connectivity index (χ3v) is 13.3. The first-order valence-corrected chi connectivity index (χ1v) is 22.5. The molecule has 30 atom stereocenters. The van der Waals surface area contributed by atoms with E-state index in [1.54, 1.807) is 0 Å². The minimum atomic E-state index is -2.42. The van der Waals surface area contributed by atoms with Gasteiger partial charge in [-0.1, -0.05) is 0 Å². The van der Waals surface area contributed by atoms with Crippen LogP contribution in [0.15, 0.2) is 0 Å². The maximum atomic E-state index is 13.9. The summed E-state index contributed by atoms with van der Waals surface area (Å²) in [5.41, 5.74) is 0. The Morgan fingerprint density at radius 1 is 0.292 bits per heavy atom. The Bertz CT molecular complexity index is 1710. The van der Waals surface area contributed by atoms with Gasteiger partial charge in [-0.25, -0.2) is 9.59 Å². The largest absolute Gasteiger partial charge is 0.456 e. The van der Waals surface area contributed by atoms with E-state index in [0.717, 1.165) is 0 Å². The number of carbonyl (C=O) groups is 3. The lowest BCUT2D eigenvalue weighted by Crippen LogP contribution is -2.69. The fraction of sp³-hybridized carbons (Fsp3) is 0.923. The molecule has 12 bridgehead atoms. The minimum Gasteiger partial charge on any atom is -0.456 e. The molecule has 0 radical (unpaired) electrons. The standard InChI is InChI=1S/C39H58O33/c40-1-8-24-14(47)20(53)36(63-8)69-28-16(49)22(55)38-68-27-11(4-43)62-35(19(52)13(27)46)66-25-9(2-41)64-37(21(54)15(25)48)70-29-17(50)23(56)39(67-26-10(3-42)61-34(65-24)18(51)12(26)45)72-31(29)33(58)60-6-7(44)5-59-32(57)30(28)71-38/h8-31,34-43,45-56H,1-6H2/t8-,9-,10-,11-,12-,13-,14-,15-,16-,17-,18-,19-,20-,21-,22-,23-,24-,25-,26-,27-,28+,29+,30+,31+,34-,35-,36-,37-,38+,39+/m1/s1. The Balaban J connectivity index is 1.21. The van der Waals surface area contributed by atoms with Crippen molar-refractivity contribution in [3.8, 4) is 0 Å². The van der Waals surface area contributed by atoms with E-state index in [1.807, 2.05) is 0 Å². The number of fused-ring (bicyclic) bond motifs is 4. The normalized spacial score (nSPS) is 53.0. The number of aliphatic hydroxyl groups is 16. The maximum Gasteiger partial charge on any atom is 0.338 e. The molecule has 412 valence electrons. The van der Waals surface area contributed by atoms with Gasteiger partial charge in [0.25, 0.3) is 0 Å². The highest BCUT2D eigenvalue weighted by atomic mass is 16.8. The summed E-state index contributed by atoms with van der Waals surface area (Å²) in [7, 11) is 0. The summed E-state index contributed by atoms with van der Waals surface area (Å²) in [4.78, 5) is 40.9. The van der Waals surface area contributed by atoms with Crippen LogP contribution in [-0.2, 0) is 80.7 Å². The van der Waals surface area contributed by atoms with Crippen LogP contribution in [0.3, 0.4) is 0 Å². The van der Waals surface area contributed by atoms with Gasteiger partial charge in [0, 0.05) is 0 Å². The Hall–Kier alpha value is -2.51. The monoisotopic (exact) mass is 1050 g/mol. The molecule has 12 heterocycles. The molecule has 0 aromatic heterocycles. The van der Waals surface area contributed by atoms with Crippen molar-refractivity contribution >= 4 is 17.7 Å². The molecule has 0 spiro atoms. The minimum absolute atomic E-state index is 1.10. The molecule has 33 heteroatoms. The summed E-state index contributed by atoms with van der Waals surface area (Å²) >= 11 is 0. The third-order valence-electron chi connectivity index (χ3n) is 13.3. The topological polar surface area (TPSA) is 504 Å². The maximum absolute atomic E-state index is 13.9. The van der Waals surface area contributed by atoms with E-state index in [-0.39, 0.29) is 0 Å². The van der Waals surface area contributed by atoms with Gasteiger partial charge in [0.15, 0.2) is 63.2 Å². The molecule has 12 fully saturated rings. The van der Waals surface area contributed by atoms with Crippen molar-refractivity contribution in [2.24, 2.45) is 0 Å². The summed E-state index contributed by atoms with van der Waals surface area (Å²) in [6.45, 7) is -7.00. The second kappa shape index (κ2) is 23.0. The van der Waals surface area contributed by atoms with E-state index in [0.29, 0.717) is 0 Å². The predicted molar refractivity (Wildman–Crippen MR) is 209 cm³/mol. The van der Waals surface area contributed by atoms with E-state index in [2.05, 4.69) is 0 Å². The van der Waals surface area contributed by atoms with E-state index in [9.17, 15) is 96.1 Å². The molecule has 0 aliphatic carbocycles. The number of ether oxygens (including phenoxy) is 14. The summed E-state index contributed by atoms with van der Waals surface area (Å²) in [5, 5.41) is 178. The number of Topliss-reactive ketones (excluding diaryl/α,β-unsaturated/α-hetero) is 1. The van der Waals surface area contributed by atoms with Gasteiger partial charge < -0.3 is 148 Å². The van der Waals surface area contributed by atoms with Gasteiger partial charge in [0.2, 0.25) is 5.78 Å². The van der Waals surface area contributed by atoms with Gasteiger partial charge in [0.05, 0.1) is 26.4 Å². The number of aliphatic hydroxyl groups excluding tert-OH is 16. The molecule has 16 N–H and O–H groups in total. The summed E-state index contributed by atoms with van der Waals surface area (Å²) < 4.78 is 78.2. The number of hydrogen-bond donors (Lipinski definition) is 16. The zero-order valence-corrected chi connectivity index (χ0v) is 37.2. The van der Waals surface area contributed by atoms with E-state index >= 15 is 0 Å². The average Bonchev–Trinajstić information content (AvgIpc) is 3.36. The van der Waals surface area contributed by atoms with Crippen molar-refractivity contribution in [2.45, 2.75) is 184 Å². The second-order valence-electron chi connectivity index (χ2n) is 18.0. The third kappa shape index (κ3) is 10.6. The molecule has 33 nitrogen and oxygen atoms in total. The van der Waals surface area contributed by atoms with Gasteiger partial charge in [-0.15, -0.1) is 0 Å². The first-order chi connectivity index (χ1) is 34.2. The number of ketones is 1. The number of carbonyl (C=O) groups excluding carboxylic acids is 3. The van der Waals surface area contributed by atoms with Gasteiger partial charge in [0.1, 0.15) is 134 Å². The second-order valence-corrected chi connectivity index (χ2v) is 18.0. The van der Waals surface area contributed by atoms with Crippen LogP contribution in [0.25, 0.3) is 0 Å². The molecule has 0 unspecified atom stereocenters. The summed E-state index contributed by atoms with van der Waals surface area (Å²) in [6, 6.07) is 0. The highest BCUT2D eigenvalue weighted by Gasteiger charge is 2.60. The first kappa shape index (κ1) is 55.7. The summed E-state index contributed by atoms with van der Waals surface area (Å²) in [5.74, 6) is -4.52. The van der Waals surface area contributed by atoms with Crippen molar-refractivity contribution in [2.75, 3.05) is 39.6 Å². The van der Waals surface area contributed by atoms with Crippen molar-refractivity contribution in [1.29, 1.82) is 0 Å². The molecular weight excluding hydrogens is 996 g/mol. The number of rotatable bonds is 4. The van der Waals surface area contributed by atoms with Crippen molar-refractivity contribution in [3.05, 3.63) is 0 Å². The lowest BCUT2D eigenvalue weighted by Gasteiger charge is -2.50. The molecule has 12 rings (SSSR count). The molecule has 0 aromatic carbocycles. The van der Waals surface area contributed by atoms with Crippen LogP contribution in [0, 0.1) is 0 Å². The van der Waals surface area contributed by atoms with Crippen molar-refractivity contribution in [3.63, 3.8) is 0 Å². The number of esters is 2. The molecule has 12 aliphatic heterocycles. The zero-order valence-electron chi connectivity index (χ0n) is 37.2. The van der Waals surface area contributed by atoms with Crippen LogP contribution in [0.5, 0.6) is 0 Å². The summed E-state index contributed by atoms with van der Waals surface area (Å²) in [6.07, 6.45) is -65.3. The molecule has 0 saturated carbocycles.